The predicted molar refractivity (Wildman–Crippen MR) is 90.0 cm³/mol. The fraction of sp³-hybridized carbons (Fsp3) is 0.667. The molecule has 0 spiro atoms. The zero-order valence-corrected chi connectivity index (χ0v) is 13.7. The van der Waals surface area contributed by atoms with Gasteiger partial charge in [-0.2, -0.15) is 0 Å². The Morgan fingerprint density at radius 2 is 1.86 bits per heavy atom. The Labute approximate surface area is 133 Å². The van der Waals surface area contributed by atoms with Crippen LogP contribution in [0, 0.1) is 17.8 Å². The fourth-order valence-electron chi connectivity index (χ4n) is 3.93. The van der Waals surface area contributed by atoms with Gasteiger partial charge in [-0.25, -0.2) is 4.98 Å². The van der Waals surface area contributed by atoms with Crippen LogP contribution >= 0.6 is 0 Å². The van der Waals surface area contributed by atoms with Crippen molar-refractivity contribution in [1.82, 2.24) is 4.98 Å². The number of rotatable bonds is 3. The molecule has 1 N–H and O–H groups in total. The van der Waals surface area contributed by atoms with Gasteiger partial charge in [0.05, 0.1) is 11.9 Å². The molecule has 3 rings (SSSR count). The first-order valence-electron chi connectivity index (χ1n) is 8.63. The average molecular weight is 301 g/mol. The summed E-state index contributed by atoms with van der Waals surface area (Å²) >= 11 is 0. The Kier molecular flexibility index (Phi) is 4.65. The van der Waals surface area contributed by atoms with E-state index in [4.69, 9.17) is 0 Å². The summed E-state index contributed by atoms with van der Waals surface area (Å²) in [6.45, 7) is 6.76. The third kappa shape index (κ3) is 3.60. The fourth-order valence-corrected chi connectivity index (χ4v) is 3.93. The van der Waals surface area contributed by atoms with Crippen molar-refractivity contribution in [3.8, 4) is 0 Å². The van der Waals surface area contributed by atoms with Crippen molar-refractivity contribution < 1.29 is 4.79 Å². The van der Waals surface area contributed by atoms with Crippen LogP contribution in [0.1, 0.15) is 46.0 Å². The highest BCUT2D eigenvalue weighted by molar-refractivity contribution is 5.92. The number of hydrogen-bond donors (Lipinski definition) is 1. The lowest BCUT2D eigenvalue weighted by Crippen LogP contribution is -2.39. The highest BCUT2D eigenvalue weighted by Gasteiger charge is 2.24. The van der Waals surface area contributed by atoms with Crippen molar-refractivity contribution in [3.05, 3.63) is 18.3 Å². The van der Waals surface area contributed by atoms with E-state index in [1.807, 2.05) is 12.1 Å². The summed E-state index contributed by atoms with van der Waals surface area (Å²) in [5, 5.41) is 3.01. The van der Waals surface area contributed by atoms with Crippen molar-refractivity contribution >= 4 is 17.4 Å². The summed E-state index contributed by atoms with van der Waals surface area (Å²) in [5.74, 6) is 2.81. The van der Waals surface area contributed by atoms with Crippen LogP contribution < -0.4 is 10.2 Å². The molecule has 1 aromatic rings. The summed E-state index contributed by atoms with van der Waals surface area (Å²) in [5.41, 5.74) is 0.818. The summed E-state index contributed by atoms with van der Waals surface area (Å²) in [4.78, 5) is 19.1. The number of carbonyl (C=O) groups is 1. The number of nitrogens with one attached hydrogen (secondary N) is 1. The van der Waals surface area contributed by atoms with E-state index in [0.717, 1.165) is 37.4 Å². The van der Waals surface area contributed by atoms with Gasteiger partial charge >= 0.3 is 0 Å². The number of carbonyl (C=O) groups excluding carboxylic acids is 1. The molecular formula is C18H27N3O. The molecule has 2 atom stereocenters. The largest absolute Gasteiger partial charge is 0.356 e. The van der Waals surface area contributed by atoms with Crippen LogP contribution in [0.5, 0.6) is 0 Å². The van der Waals surface area contributed by atoms with E-state index in [-0.39, 0.29) is 11.8 Å². The van der Waals surface area contributed by atoms with Gasteiger partial charge in [-0.05, 0) is 43.2 Å². The van der Waals surface area contributed by atoms with Gasteiger partial charge < -0.3 is 10.2 Å². The Hall–Kier alpha value is -1.58. The van der Waals surface area contributed by atoms with E-state index in [1.54, 1.807) is 6.20 Å². The minimum absolute atomic E-state index is 0.160. The zero-order chi connectivity index (χ0) is 15.5. The minimum Gasteiger partial charge on any atom is -0.356 e. The minimum atomic E-state index is 0.160. The van der Waals surface area contributed by atoms with Crippen LogP contribution in [0.3, 0.4) is 0 Å². The Balaban J connectivity index is 1.61. The molecule has 1 aromatic heterocycles. The molecule has 2 aliphatic rings. The highest BCUT2D eigenvalue weighted by Crippen LogP contribution is 2.27. The van der Waals surface area contributed by atoms with Gasteiger partial charge in [-0.3, -0.25) is 4.79 Å². The van der Waals surface area contributed by atoms with Gasteiger partial charge in [0.2, 0.25) is 5.91 Å². The quantitative estimate of drug-likeness (QED) is 0.926. The molecule has 4 nitrogen and oxygen atoms in total. The molecule has 2 unspecified atom stereocenters. The number of anilines is 2. The van der Waals surface area contributed by atoms with Crippen LogP contribution in [0.15, 0.2) is 18.3 Å². The summed E-state index contributed by atoms with van der Waals surface area (Å²) in [6, 6.07) is 4.02. The molecule has 0 aromatic carbocycles. The molecule has 1 amide bonds. The lowest BCUT2D eigenvalue weighted by atomic mass is 9.92. The Morgan fingerprint density at radius 1 is 1.18 bits per heavy atom. The average Bonchev–Trinajstić information content (AvgIpc) is 3.01. The maximum atomic E-state index is 12.1. The van der Waals surface area contributed by atoms with Crippen molar-refractivity contribution in [3.63, 3.8) is 0 Å². The zero-order valence-electron chi connectivity index (χ0n) is 13.7. The second-order valence-electron chi connectivity index (χ2n) is 7.23. The SMILES string of the molecule is CC1CC(C)CN(c2ccc(NC(=O)C3CCCC3)cn2)C1. The molecule has 0 radical (unpaired) electrons. The molecule has 120 valence electrons. The first-order chi connectivity index (χ1) is 10.6. The van der Waals surface area contributed by atoms with Gasteiger partial charge in [0.15, 0.2) is 0 Å². The van der Waals surface area contributed by atoms with Crippen LogP contribution in [0.2, 0.25) is 0 Å². The Bertz CT molecular complexity index is 498. The lowest BCUT2D eigenvalue weighted by Gasteiger charge is -2.35. The summed E-state index contributed by atoms with van der Waals surface area (Å²) in [7, 11) is 0. The number of pyridine rings is 1. The van der Waals surface area contributed by atoms with Crippen LogP contribution in [0.4, 0.5) is 11.5 Å². The van der Waals surface area contributed by atoms with Gasteiger partial charge in [0.25, 0.3) is 0 Å². The maximum absolute atomic E-state index is 12.1. The van der Waals surface area contributed by atoms with E-state index in [9.17, 15) is 4.79 Å². The first kappa shape index (κ1) is 15.3. The standard InChI is InChI=1S/C18H27N3O/c1-13-9-14(2)12-21(11-13)17-8-7-16(10-19-17)20-18(22)15-5-3-4-6-15/h7-8,10,13-15H,3-6,9,11-12H2,1-2H3,(H,20,22). The molecule has 1 saturated heterocycles. The third-order valence-corrected chi connectivity index (χ3v) is 4.93. The number of hydrogen-bond acceptors (Lipinski definition) is 3. The normalized spacial score (nSPS) is 26.2. The molecule has 4 heteroatoms. The smallest absolute Gasteiger partial charge is 0.227 e. The van der Waals surface area contributed by atoms with Crippen molar-refractivity contribution in [2.75, 3.05) is 23.3 Å². The topological polar surface area (TPSA) is 45.2 Å². The third-order valence-electron chi connectivity index (χ3n) is 4.93. The number of amides is 1. The van der Waals surface area contributed by atoms with Crippen LogP contribution in [-0.2, 0) is 4.79 Å². The van der Waals surface area contributed by atoms with Crippen LogP contribution in [0.25, 0.3) is 0 Å². The molecule has 22 heavy (non-hydrogen) atoms. The molecule has 0 bridgehead atoms. The van der Waals surface area contributed by atoms with E-state index in [2.05, 4.69) is 29.0 Å². The molecular weight excluding hydrogens is 274 g/mol. The van der Waals surface area contributed by atoms with Gasteiger partial charge in [0.1, 0.15) is 5.82 Å². The second kappa shape index (κ2) is 6.67. The van der Waals surface area contributed by atoms with E-state index >= 15 is 0 Å². The van der Waals surface area contributed by atoms with E-state index in [1.165, 1.54) is 19.3 Å². The van der Waals surface area contributed by atoms with Crippen molar-refractivity contribution in [2.45, 2.75) is 46.0 Å². The number of aromatic nitrogens is 1. The number of piperidine rings is 1. The molecule has 1 aliphatic heterocycles. The second-order valence-corrected chi connectivity index (χ2v) is 7.23. The van der Waals surface area contributed by atoms with E-state index in [0.29, 0.717) is 11.8 Å². The lowest BCUT2D eigenvalue weighted by molar-refractivity contribution is -0.119. The Morgan fingerprint density at radius 3 is 2.45 bits per heavy atom. The van der Waals surface area contributed by atoms with Gasteiger partial charge in [0, 0.05) is 19.0 Å². The maximum Gasteiger partial charge on any atom is 0.227 e. The molecule has 1 aliphatic carbocycles. The highest BCUT2D eigenvalue weighted by atomic mass is 16.1. The van der Waals surface area contributed by atoms with Crippen molar-refractivity contribution in [2.24, 2.45) is 17.8 Å². The van der Waals surface area contributed by atoms with Gasteiger partial charge in [-0.1, -0.05) is 26.7 Å². The van der Waals surface area contributed by atoms with Gasteiger partial charge in [-0.15, -0.1) is 0 Å². The summed E-state index contributed by atoms with van der Waals surface area (Å²) in [6.07, 6.45) is 7.52. The van der Waals surface area contributed by atoms with E-state index < -0.39 is 0 Å². The van der Waals surface area contributed by atoms with Crippen LogP contribution in [-0.4, -0.2) is 24.0 Å². The predicted octanol–water partition coefficient (Wildman–Crippen LogP) is 3.69. The first-order valence-corrected chi connectivity index (χ1v) is 8.63. The molecule has 1 saturated carbocycles. The monoisotopic (exact) mass is 301 g/mol. The summed E-state index contributed by atoms with van der Waals surface area (Å²) < 4.78 is 0. The molecule has 2 heterocycles. The van der Waals surface area contributed by atoms with Crippen molar-refractivity contribution in [1.29, 1.82) is 0 Å². The number of nitrogens with zero attached hydrogens (tertiary/aromatic N) is 2. The molecule has 2 fully saturated rings.